The first-order valence-corrected chi connectivity index (χ1v) is 10.0. The molecule has 26 heavy (non-hydrogen) atoms. The molecule has 0 aliphatic carbocycles. The van der Waals surface area contributed by atoms with Crippen molar-refractivity contribution in [2.45, 2.75) is 29.8 Å². The van der Waals surface area contributed by atoms with Crippen molar-refractivity contribution < 1.29 is 13.3 Å². The second-order valence-corrected chi connectivity index (χ2v) is 8.59. The number of nitro groups is 1. The van der Waals surface area contributed by atoms with Crippen LogP contribution < -0.4 is 5.32 Å². The van der Waals surface area contributed by atoms with Crippen molar-refractivity contribution in [2.24, 2.45) is 0 Å². The Morgan fingerprint density at radius 1 is 1.15 bits per heavy atom. The molecule has 1 spiro atoms. The van der Waals surface area contributed by atoms with Crippen LogP contribution in [-0.2, 0) is 22.1 Å². The van der Waals surface area contributed by atoms with E-state index in [4.69, 9.17) is 0 Å². The van der Waals surface area contributed by atoms with E-state index >= 15 is 0 Å². The van der Waals surface area contributed by atoms with Crippen LogP contribution in [-0.4, -0.2) is 41.8 Å². The topological polar surface area (TPSA) is 97.5 Å². The maximum atomic E-state index is 13.4. The van der Waals surface area contributed by atoms with Crippen molar-refractivity contribution in [3.63, 3.8) is 0 Å². The molecule has 0 amide bonds. The average molecular weight is 376 g/mol. The van der Waals surface area contributed by atoms with E-state index in [9.17, 15) is 18.5 Å². The molecular formula is C17H20N4O4S. The molecule has 8 nitrogen and oxygen atoms in total. The molecule has 138 valence electrons. The standard InChI is InChI=1S/C17H20N4O4S/c22-21(23)14-4-6-15(7-5-14)26(24,25)20-12-11-19-10-1-3-16(19)17(20)8-2-9-18-13-17/h1,3-7,10,18H,2,8-9,11-13H2. The largest absolute Gasteiger partial charge is 0.348 e. The van der Waals surface area contributed by atoms with E-state index in [0.717, 1.165) is 25.1 Å². The maximum Gasteiger partial charge on any atom is 0.269 e. The lowest BCUT2D eigenvalue weighted by Gasteiger charge is -2.48. The Bertz CT molecular complexity index is 930. The fourth-order valence-electron chi connectivity index (χ4n) is 4.11. The fourth-order valence-corrected chi connectivity index (χ4v) is 5.88. The summed E-state index contributed by atoms with van der Waals surface area (Å²) in [6.07, 6.45) is 3.62. The van der Waals surface area contributed by atoms with Gasteiger partial charge < -0.3 is 9.88 Å². The number of nitrogens with one attached hydrogen (secondary N) is 1. The maximum absolute atomic E-state index is 13.4. The van der Waals surface area contributed by atoms with Crippen LogP contribution in [0.2, 0.25) is 0 Å². The molecule has 0 radical (unpaired) electrons. The number of sulfonamides is 1. The average Bonchev–Trinajstić information content (AvgIpc) is 3.13. The van der Waals surface area contributed by atoms with Gasteiger partial charge in [-0.1, -0.05) is 0 Å². The molecule has 2 aliphatic heterocycles. The third kappa shape index (κ3) is 2.54. The fraction of sp³-hybridized carbons (Fsp3) is 0.412. The zero-order valence-corrected chi connectivity index (χ0v) is 15.0. The molecule has 1 N–H and O–H groups in total. The number of hydrogen-bond acceptors (Lipinski definition) is 5. The molecule has 1 aromatic heterocycles. The SMILES string of the molecule is O=[N+]([O-])c1ccc(S(=O)(=O)N2CCn3cccc3C23CCCNC3)cc1. The van der Waals surface area contributed by atoms with Gasteiger partial charge in [0.1, 0.15) is 0 Å². The minimum Gasteiger partial charge on any atom is -0.348 e. The van der Waals surface area contributed by atoms with Gasteiger partial charge in [-0.2, -0.15) is 4.31 Å². The summed E-state index contributed by atoms with van der Waals surface area (Å²) in [5.41, 5.74) is 0.257. The molecule has 1 atom stereocenters. The van der Waals surface area contributed by atoms with Crippen molar-refractivity contribution in [3.05, 3.63) is 58.4 Å². The van der Waals surface area contributed by atoms with Crippen LogP contribution in [0.4, 0.5) is 5.69 Å². The first kappa shape index (κ1) is 17.2. The summed E-state index contributed by atoms with van der Waals surface area (Å²) in [5, 5.41) is 14.2. The van der Waals surface area contributed by atoms with Crippen LogP contribution in [0.15, 0.2) is 47.5 Å². The summed E-state index contributed by atoms with van der Waals surface area (Å²) in [4.78, 5) is 10.4. The summed E-state index contributed by atoms with van der Waals surface area (Å²) in [7, 11) is -3.78. The van der Waals surface area contributed by atoms with Gasteiger partial charge in [0.15, 0.2) is 0 Å². The van der Waals surface area contributed by atoms with Gasteiger partial charge in [0.2, 0.25) is 10.0 Å². The number of nitro benzene ring substituents is 1. The molecule has 3 heterocycles. The molecule has 1 fully saturated rings. The van der Waals surface area contributed by atoms with Gasteiger partial charge in [-0.05, 0) is 43.7 Å². The molecular weight excluding hydrogens is 356 g/mol. The van der Waals surface area contributed by atoms with Gasteiger partial charge in [0, 0.05) is 43.7 Å². The van der Waals surface area contributed by atoms with Crippen molar-refractivity contribution in [1.29, 1.82) is 0 Å². The first-order valence-electron chi connectivity index (χ1n) is 8.59. The first-order chi connectivity index (χ1) is 12.4. The van der Waals surface area contributed by atoms with Crippen molar-refractivity contribution in [3.8, 4) is 0 Å². The molecule has 2 aromatic rings. The Morgan fingerprint density at radius 3 is 2.58 bits per heavy atom. The van der Waals surface area contributed by atoms with Gasteiger partial charge >= 0.3 is 0 Å². The number of piperidine rings is 1. The Hall–Kier alpha value is -2.23. The Morgan fingerprint density at radius 2 is 1.92 bits per heavy atom. The lowest BCUT2D eigenvalue weighted by molar-refractivity contribution is -0.384. The van der Waals surface area contributed by atoms with E-state index in [1.54, 1.807) is 4.31 Å². The highest BCUT2D eigenvalue weighted by Crippen LogP contribution is 2.41. The summed E-state index contributed by atoms with van der Waals surface area (Å²) in [6.45, 7) is 2.40. The molecule has 2 aliphatic rings. The molecule has 0 bridgehead atoms. The summed E-state index contributed by atoms with van der Waals surface area (Å²) in [5.74, 6) is 0. The van der Waals surface area contributed by atoms with Crippen molar-refractivity contribution >= 4 is 15.7 Å². The van der Waals surface area contributed by atoms with Crippen LogP contribution in [0.3, 0.4) is 0 Å². The van der Waals surface area contributed by atoms with E-state index in [1.165, 1.54) is 24.3 Å². The van der Waals surface area contributed by atoms with Crippen LogP contribution in [0, 0.1) is 10.1 Å². The third-order valence-corrected chi connectivity index (χ3v) is 7.30. The van der Waals surface area contributed by atoms with E-state index in [0.29, 0.717) is 19.6 Å². The number of benzene rings is 1. The number of hydrogen-bond donors (Lipinski definition) is 1. The molecule has 0 saturated carbocycles. The summed E-state index contributed by atoms with van der Waals surface area (Å²) in [6, 6.07) is 9.07. The minimum atomic E-state index is -3.78. The number of rotatable bonds is 3. The lowest BCUT2D eigenvalue weighted by atomic mass is 9.85. The number of fused-ring (bicyclic) bond motifs is 2. The highest BCUT2D eigenvalue weighted by Gasteiger charge is 2.49. The zero-order valence-electron chi connectivity index (χ0n) is 14.2. The van der Waals surface area contributed by atoms with Crippen LogP contribution >= 0.6 is 0 Å². The molecule has 9 heteroatoms. The Balaban J connectivity index is 1.78. The van der Waals surface area contributed by atoms with Crippen molar-refractivity contribution in [1.82, 2.24) is 14.2 Å². The van der Waals surface area contributed by atoms with Gasteiger partial charge in [0.25, 0.3) is 5.69 Å². The smallest absolute Gasteiger partial charge is 0.269 e. The molecule has 1 aromatic carbocycles. The van der Waals surface area contributed by atoms with E-state index in [2.05, 4.69) is 9.88 Å². The Labute approximate surface area is 151 Å². The van der Waals surface area contributed by atoms with Gasteiger partial charge in [-0.15, -0.1) is 0 Å². The summed E-state index contributed by atoms with van der Waals surface area (Å²) < 4.78 is 30.5. The minimum absolute atomic E-state index is 0.0908. The second-order valence-electron chi connectivity index (χ2n) is 6.73. The van der Waals surface area contributed by atoms with Gasteiger partial charge in [0.05, 0.1) is 15.4 Å². The molecule has 4 rings (SSSR count). The van der Waals surface area contributed by atoms with Gasteiger partial charge in [-0.3, -0.25) is 10.1 Å². The van der Waals surface area contributed by atoms with Crippen LogP contribution in [0.5, 0.6) is 0 Å². The zero-order chi connectivity index (χ0) is 18.4. The number of aromatic nitrogens is 1. The normalized spacial score (nSPS) is 23.7. The number of nitrogens with zero attached hydrogens (tertiary/aromatic N) is 3. The highest BCUT2D eigenvalue weighted by atomic mass is 32.2. The third-order valence-electron chi connectivity index (χ3n) is 5.32. The van der Waals surface area contributed by atoms with Gasteiger partial charge in [-0.25, -0.2) is 8.42 Å². The van der Waals surface area contributed by atoms with Crippen LogP contribution in [0.25, 0.3) is 0 Å². The second kappa shape index (κ2) is 6.19. The van der Waals surface area contributed by atoms with E-state index < -0.39 is 20.5 Å². The van der Waals surface area contributed by atoms with Crippen molar-refractivity contribution in [2.75, 3.05) is 19.6 Å². The lowest BCUT2D eigenvalue weighted by Crippen LogP contribution is -2.60. The predicted molar refractivity (Wildman–Crippen MR) is 95.2 cm³/mol. The quantitative estimate of drug-likeness (QED) is 0.649. The van der Waals surface area contributed by atoms with E-state index in [-0.39, 0.29) is 10.6 Å². The van der Waals surface area contributed by atoms with E-state index in [1.807, 2.05) is 18.3 Å². The monoisotopic (exact) mass is 376 g/mol. The predicted octanol–water partition coefficient (Wildman–Crippen LogP) is 1.68. The molecule has 1 unspecified atom stereocenters. The summed E-state index contributed by atoms with van der Waals surface area (Å²) >= 11 is 0. The highest BCUT2D eigenvalue weighted by molar-refractivity contribution is 7.89. The Kier molecular flexibility index (Phi) is 4.09. The molecule has 1 saturated heterocycles. The van der Waals surface area contributed by atoms with Crippen LogP contribution in [0.1, 0.15) is 18.5 Å². The number of non-ortho nitro benzene ring substituents is 1.